The summed E-state index contributed by atoms with van der Waals surface area (Å²) in [4.78, 5) is 0. The van der Waals surface area contributed by atoms with Crippen LogP contribution in [0.5, 0.6) is 0 Å². The van der Waals surface area contributed by atoms with Crippen LogP contribution in [0.4, 0.5) is 0 Å². The van der Waals surface area contributed by atoms with E-state index in [0.717, 1.165) is 0 Å². The van der Waals surface area contributed by atoms with E-state index in [2.05, 4.69) is 132 Å². The van der Waals surface area contributed by atoms with E-state index in [1.54, 1.807) is 0 Å². The molecule has 2 N–H and O–H groups in total. The molecule has 24 heavy (non-hydrogen) atoms. The fraction of sp³-hybridized carbons (Fsp3) is 1.00. The van der Waals surface area contributed by atoms with Crippen molar-refractivity contribution in [1.29, 1.82) is 0 Å². The summed E-state index contributed by atoms with van der Waals surface area (Å²) in [6, 6.07) is 0. The van der Waals surface area contributed by atoms with Crippen molar-refractivity contribution in [1.82, 2.24) is 19.1 Å². The molecule has 4 nitrogen and oxygen atoms in total. The van der Waals surface area contributed by atoms with Crippen LogP contribution in [0.3, 0.4) is 0 Å². The average molecular weight is 506 g/mol. The third-order valence-electron chi connectivity index (χ3n) is 3.19. The van der Waals surface area contributed by atoms with E-state index >= 15 is 0 Å². The van der Waals surface area contributed by atoms with Crippen LogP contribution in [-0.2, 0) is 0 Å². The van der Waals surface area contributed by atoms with E-state index in [0.29, 0.717) is 0 Å². The Kier molecular flexibility index (Phi) is 6.60. The number of rotatable bonds is 2. The van der Waals surface area contributed by atoms with Gasteiger partial charge in [-0.05, 0) is 0 Å². The Balaban J connectivity index is 3.58. The molecule has 0 bridgehead atoms. The molecule has 0 atom stereocenters. The van der Waals surface area contributed by atoms with Crippen LogP contribution in [0, 0.1) is 0 Å². The Hall–Kier alpha value is 1.74. The molecule has 0 amide bonds. The van der Waals surface area contributed by atoms with Gasteiger partial charge in [-0.2, -0.15) is 0 Å². The van der Waals surface area contributed by atoms with Crippen LogP contribution in [-0.4, -0.2) is 61.2 Å². The first-order valence-corrected chi connectivity index (χ1v) is 16.4. The van der Waals surface area contributed by atoms with Gasteiger partial charge in [0, 0.05) is 0 Å². The zero-order valence-corrected chi connectivity index (χ0v) is 22.8. The van der Waals surface area contributed by atoms with Gasteiger partial charge < -0.3 is 0 Å². The second-order valence-corrected chi connectivity index (χ2v) is 22.0. The van der Waals surface area contributed by atoms with E-state index in [1.165, 1.54) is 0 Å². The molecule has 144 valence electrons. The second-order valence-electron chi connectivity index (χ2n) is 10.7. The zero-order chi connectivity index (χ0) is 19.6. The molecule has 0 saturated carbocycles. The molecule has 1 rings (SSSR count). The predicted octanol–water partition coefficient (Wildman–Crippen LogP) is 4.67. The molecule has 0 unspecified atom stereocenters. The van der Waals surface area contributed by atoms with Gasteiger partial charge in [0.15, 0.2) is 0 Å². The van der Waals surface area contributed by atoms with Crippen molar-refractivity contribution in [2.24, 2.45) is 0 Å². The number of nitrogens with one attached hydrogen (secondary N) is 2. The zero-order valence-electron chi connectivity index (χ0n) is 17.6. The monoisotopic (exact) mass is 508 g/mol. The van der Waals surface area contributed by atoms with Gasteiger partial charge in [0.2, 0.25) is 0 Å². The molecule has 1 heterocycles. The van der Waals surface area contributed by atoms with E-state index in [1.807, 2.05) is 0 Å². The topological polar surface area (TPSA) is 30.5 Å². The number of hydrogen-bond donors (Lipinski definition) is 2. The maximum absolute atomic E-state index is 3.96. The Morgan fingerprint density at radius 3 is 0.875 bits per heavy atom. The van der Waals surface area contributed by atoms with Crippen LogP contribution < -0.4 is 10.2 Å². The van der Waals surface area contributed by atoms with E-state index < -0.39 is 11.9 Å². The van der Waals surface area contributed by atoms with E-state index in [4.69, 9.17) is 0 Å². The summed E-state index contributed by atoms with van der Waals surface area (Å²) in [7, 11) is 0. The minimum absolute atomic E-state index is 0.0407. The number of hydrogen-bond acceptors (Lipinski definition) is 4. The molecule has 0 spiro atoms. The molecule has 1 saturated heterocycles. The standard InChI is InChI=1S/C16H38N4P2Se2/c1-13(2,3)17-21(23)19(15(7,8)9)22(24,18-14(4,5)6)20(21)16(10,11)12/h1-12H3,(H,17,23)(H,18,24). The fourth-order valence-corrected chi connectivity index (χ4v) is 34.3. The molecule has 0 aliphatic carbocycles. The Morgan fingerprint density at radius 2 is 0.750 bits per heavy atom. The third kappa shape index (κ3) is 4.96. The molecular formula is C16H38N4P2Se2. The Labute approximate surface area is 166 Å². The van der Waals surface area contributed by atoms with Crippen LogP contribution in [0.1, 0.15) is 83.1 Å². The van der Waals surface area contributed by atoms with Crippen LogP contribution in [0.2, 0.25) is 0 Å². The normalized spacial score (nSPS) is 31.2. The van der Waals surface area contributed by atoms with Gasteiger partial charge in [-0.1, -0.05) is 0 Å². The first-order chi connectivity index (χ1) is 10.1. The summed E-state index contributed by atoms with van der Waals surface area (Å²) in [5, 5.41) is 7.92. The summed E-state index contributed by atoms with van der Waals surface area (Å²) in [6.45, 7) is 27.4. The average Bonchev–Trinajstić information content (AvgIpc) is 2.00. The SMILES string of the molecule is CC(C)(C)NP1(=[Se])N(C(C)(C)C)P(=[Se])(NC(C)(C)C)N1C(C)(C)C. The van der Waals surface area contributed by atoms with E-state index in [9.17, 15) is 0 Å². The van der Waals surface area contributed by atoms with Crippen molar-refractivity contribution in [3.63, 3.8) is 0 Å². The Bertz CT molecular complexity index is 509. The van der Waals surface area contributed by atoms with Gasteiger partial charge in [0.25, 0.3) is 0 Å². The molecule has 0 radical (unpaired) electrons. The van der Waals surface area contributed by atoms with Crippen LogP contribution in [0.25, 0.3) is 0 Å². The summed E-state index contributed by atoms with van der Waals surface area (Å²) >= 11 is 7.24. The minimum atomic E-state index is -1.79. The van der Waals surface area contributed by atoms with Gasteiger partial charge in [-0.3, -0.25) is 0 Å². The molecule has 1 aliphatic rings. The summed E-state index contributed by atoms with van der Waals surface area (Å²) < 4.78 is 5.41. The maximum atomic E-state index is 3.96. The summed E-state index contributed by atoms with van der Waals surface area (Å²) in [6.07, 6.45) is 0. The van der Waals surface area contributed by atoms with Crippen LogP contribution in [0.15, 0.2) is 0 Å². The molecule has 8 heteroatoms. The molecular weight excluding hydrogens is 468 g/mol. The van der Waals surface area contributed by atoms with Crippen molar-refractivity contribution >= 4 is 42.1 Å². The van der Waals surface area contributed by atoms with Gasteiger partial charge >= 0.3 is 166 Å². The summed E-state index contributed by atoms with van der Waals surface area (Å²) in [5.74, 6) is -3.58. The van der Waals surface area contributed by atoms with Crippen LogP contribution >= 0.6 is 11.9 Å². The van der Waals surface area contributed by atoms with Gasteiger partial charge in [0.1, 0.15) is 0 Å². The van der Waals surface area contributed by atoms with Crippen molar-refractivity contribution in [2.45, 2.75) is 105 Å². The molecule has 0 aromatic rings. The predicted molar refractivity (Wildman–Crippen MR) is 114 cm³/mol. The quantitative estimate of drug-likeness (QED) is 0.421. The molecule has 1 aliphatic heterocycles. The van der Waals surface area contributed by atoms with Gasteiger partial charge in [-0.15, -0.1) is 0 Å². The van der Waals surface area contributed by atoms with Crippen molar-refractivity contribution in [3.05, 3.63) is 0 Å². The summed E-state index contributed by atoms with van der Waals surface area (Å²) in [5.41, 5.74) is 0.185. The first kappa shape index (κ1) is 23.8. The Morgan fingerprint density at radius 1 is 0.542 bits per heavy atom. The third-order valence-corrected chi connectivity index (χ3v) is 21.2. The molecule has 1 fully saturated rings. The number of nitrogens with zero attached hydrogens (tertiary/aromatic N) is 2. The van der Waals surface area contributed by atoms with Gasteiger partial charge in [-0.25, -0.2) is 0 Å². The van der Waals surface area contributed by atoms with Crippen molar-refractivity contribution in [3.8, 4) is 0 Å². The molecule has 0 aromatic heterocycles. The second kappa shape index (κ2) is 6.66. The van der Waals surface area contributed by atoms with E-state index in [-0.39, 0.29) is 22.2 Å². The van der Waals surface area contributed by atoms with Gasteiger partial charge in [0.05, 0.1) is 0 Å². The fourth-order valence-electron chi connectivity index (χ4n) is 3.15. The van der Waals surface area contributed by atoms with Crippen molar-refractivity contribution in [2.75, 3.05) is 0 Å². The molecule has 0 aromatic carbocycles. The van der Waals surface area contributed by atoms with Crippen molar-refractivity contribution < 1.29 is 0 Å². The first-order valence-electron chi connectivity index (χ1n) is 8.56.